The molecule has 3 heterocycles. The van der Waals surface area contributed by atoms with E-state index in [-0.39, 0.29) is 24.7 Å². The van der Waals surface area contributed by atoms with Crippen molar-refractivity contribution >= 4 is 29.0 Å². The predicted octanol–water partition coefficient (Wildman–Crippen LogP) is 0.714. The zero-order valence-corrected chi connectivity index (χ0v) is 15.9. The van der Waals surface area contributed by atoms with E-state index in [0.717, 1.165) is 15.9 Å². The first-order valence-corrected chi connectivity index (χ1v) is 9.23. The fraction of sp³-hybridized carbons (Fsp3) is 0.353. The van der Waals surface area contributed by atoms with E-state index in [4.69, 9.17) is 14.2 Å². The van der Waals surface area contributed by atoms with Crippen molar-refractivity contribution in [2.75, 3.05) is 13.2 Å². The minimum Gasteiger partial charge on any atom is -0.487 e. The second kappa shape index (κ2) is 8.21. The first kappa shape index (κ1) is 19.5. The molecular formula is C17H17N3O7S. The van der Waals surface area contributed by atoms with Crippen LogP contribution in [-0.4, -0.2) is 45.8 Å². The van der Waals surface area contributed by atoms with Gasteiger partial charge in [-0.25, -0.2) is 19.1 Å². The van der Waals surface area contributed by atoms with Gasteiger partial charge in [0.1, 0.15) is 12.6 Å². The first-order valence-electron chi connectivity index (χ1n) is 8.35. The molecule has 2 aromatic rings. The largest absolute Gasteiger partial charge is 0.487 e. The van der Waals surface area contributed by atoms with Gasteiger partial charge in [-0.15, -0.1) is 11.3 Å². The summed E-state index contributed by atoms with van der Waals surface area (Å²) < 4.78 is 16.7. The normalized spacial score (nSPS) is 18.7. The van der Waals surface area contributed by atoms with Gasteiger partial charge in [-0.3, -0.25) is 9.59 Å². The van der Waals surface area contributed by atoms with Crippen LogP contribution >= 0.6 is 11.3 Å². The molecule has 0 unspecified atom stereocenters. The average molecular weight is 407 g/mol. The number of hydrogen-bond acceptors (Lipinski definition) is 9. The highest BCUT2D eigenvalue weighted by Gasteiger charge is 2.33. The molecule has 3 rings (SSSR count). The number of carbonyl (C=O) groups excluding carboxylic acids is 2. The number of aromatic amines is 1. The summed E-state index contributed by atoms with van der Waals surface area (Å²) in [6.07, 6.45) is 1.83. The lowest BCUT2D eigenvalue weighted by molar-refractivity contribution is -0.150. The Balaban J connectivity index is 2.01. The second-order valence-corrected chi connectivity index (χ2v) is 6.59. The third-order valence-electron chi connectivity index (χ3n) is 3.81. The average Bonchev–Trinajstić information content (AvgIpc) is 3.13. The van der Waals surface area contributed by atoms with E-state index in [9.17, 15) is 19.2 Å². The molecule has 0 bridgehead atoms. The minimum atomic E-state index is -0.903. The number of H-pyrrole nitrogens is 1. The summed E-state index contributed by atoms with van der Waals surface area (Å²) >= 11 is 1.14. The Bertz CT molecular complexity index is 1010. The number of carbonyl (C=O) groups is 2. The lowest BCUT2D eigenvalue weighted by Crippen LogP contribution is -2.45. The number of nitrogens with one attached hydrogen (secondary N) is 1. The van der Waals surface area contributed by atoms with Crippen molar-refractivity contribution in [2.45, 2.75) is 26.0 Å². The van der Waals surface area contributed by atoms with Crippen LogP contribution in [0.2, 0.25) is 0 Å². The summed E-state index contributed by atoms with van der Waals surface area (Å²) in [5.41, 5.74) is -1.09. The number of ether oxygens (including phenoxy) is 3. The fourth-order valence-electron chi connectivity index (χ4n) is 2.67. The molecule has 148 valence electrons. The Labute approximate surface area is 162 Å². The van der Waals surface area contributed by atoms with Crippen molar-refractivity contribution in [3.63, 3.8) is 0 Å². The van der Waals surface area contributed by atoms with E-state index in [1.165, 1.54) is 30.6 Å². The van der Waals surface area contributed by atoms with Crippen molar-refractivity contribution in [3.8, 4) is 0 Å². The quantitative estimate of drug-likeness (QED) is 0.718. The lowest BCUT2D eigenvalue weighted by atomic mass is 10.1. The van der Waals surface area contributed by atoms with E-state index in [1.54, 1.807) is 6.92 Å². The minimum absolute atomic E-state index is 0.0921. The summed E-state index contributed by atoms with van der Waals surface area (Å²) in [7, 11) is 0. The van der Waals surface area contributed by atoms with Crippen molar-refractivity contribution < 1.29 is 23.8 Å². The molecule has 0 spiro atoms. The van der Waals surface area contributed by atoms with E-state index in [2.05, 4.69) is 9.97 Å². The molecule has 1 aliphatic heterocycles. The van der Waals surface area contributed by atoms with Gasteiger partial charge in [-0.1, -0.05) is 0 Å². The van der Waals surface area contributed by atoms with Gasteiger partial charge in [-0.05, 0) is 13.0 Å². The predicted molar refractivity (Wildman–Crippen MR) is 97.9 cm³/mol. The number of nitrogens with zero attached hydrogens (tertiary/aromatic N) is 2. The molecule has 2 aromatic heterocycles. The Morgan fingerprint density at radius 3 is 2.89 bits per heavy atom. The Hall–Kier alpha value is -3.21. The molecule has 0 saturated carbocycles. The van der Waals surface area contributed by atoms with Crippen molar-refractivity contribution in [1.82, 2.24) is 14.5 Å². The number of thiazole rings is 1. The van der Waals surface area contributed by atoms with Crippen LogP contribution in [0.3, 0.4) is 0 Å². The van der Waals surface area contributed by atoms with Gasteiger partial charge in [0.15, 0.2) is 22.6 Å². The van der Waals surface area contributed by atoms with Crippen molar-refractivity contribution in [1.29, 1.82) is 0 Å². The maximum atomic E-state index is 12.2. The van der Waals surface area contributed by atoms with Crippen LogP contribution in [0.4, 0.5) is 0 Å². The lowest BCUT2D eigenvalue weighted by Gasteiger charge is -2.30. The van der Waals surface area contributed by atoms with Gasteiger partial charge >= 0.3 is 17.6 Å². The highest BCUT2D eigenvalue weighted by atomic mass is 32.1. The van der Waals surface area contributed by atoms with Crippen molar-refractivity contribution in [2.24, 2.45) is 0 Å². The fourth-order valence-corrected chi connectivity index (χ4v) is 3.44. The summed E-state index contributed by atoms with van der Waals surface area (Å²) in [6, 6.07) is 0.289. The van der Waals surface area contributed by atoms with Gasteiger partial charge < -0.3 is 19.2 Å². The maximum Gasteiger partial charge on any atom is 0.357 e. The van der Waals surface area contributed by atoms with E-state index >= 15 is 0 Å². The smallest absolute Gasteiger partial charge is 0.357 e. The number of hydrogen-bond donors (Lipinski definition) is 1. The van der Waals surface area contributed by atoms with Gasteiger partial charge in [-0.2, -0.15) is 0 Å². The SMILES string of the molecule is CCOC(=O)c1csc(C2=C[C@@H](n3c(=O)cc[nH]c3=O)[C@H](OC(C)=O)CO2)n1. The van der Waals surface area contributed by atoms with Gasteiger partial charge in [0.05, 0.1) is 6.61 Å². The number of rotatable bonds is 5. The van der Waals surface area contributed by atoms with Crippen LogP contribution in [0.5, 0.6) is 0 Å². The number of esters is 2. The van der Waals surface area contributed by atoms with Crippen LogP contribution in [0.15, 0.2) is 33.3 Å². The first-order chi connectivity index (χ1) is 13.4. The molecule has 0 aliphatic carbocycles. The monoisotopic (exact) mass is 407 g/mol. The zero-order chi connectivity index (χ0) is 20.3. The molecular weight excluding hydrogens is 390 g/mol. The van der Waals surface area contributed by atoms with Gasteiger partial charge in [0.2, 0.25) is 0 Å². The van der Waals surface area contributed by atoms with E-state index in [0.29, 0.717) is 5.01 Å². The molecule has 11 heteroatoms. The molecule has 1 aliphatic rings. The topological polar surface area (TPSA) is 130 Å². The second-order valence-electron chi connectivity index (χ2n) is 5.73. The molecule has 1 N–H and O–H groups in total. The van der Waals surface area contributed by atoms with E-state index in [1.807, 2.05) is 0 Å². The summed E-state index contributed by atoms with van der Waals surface area (Å²) in [4.78, 5) is 54.3. The Morgan fingerprint density at radius 1 is 1.43 bits per heavy atom. The Kier molecular flexibility index (Phi) is 5.73. The van der Waals surface area contributed by atoms with Crippen LogP contribution in [0.1, 0.15) is 35.4 Å². The third-order valence-corrected chi connectivity index (χ3v) is 4.67. The highest BCUT2D eigenvalue weighted by Crippen LogP contribution is 2.30. The Morgan fingerprint density at radius 2 is 2.21 bits per heavy atom. The molecule has 28 heavy (non-hydrogen) atoms. The molecule has 0 aromatic carbocycles. The van der Waals surface area contributed by atoms with Crippen LogP contribution < -0.4 is 11.2 Å². The van der Waals surface area contributed by atoms with Gasteiger partial charge in [0, 0.05) is 24.6 Å². The summed E-state index contributed by atoms with van der Waals surface area (Å²) in [5, 5.41) is 1.89. The van der Waals surface area contributed by atoms with Gasteiger partial charge in [0.25, 0.3) is 5.56 Å². The molecule has 10 nitrogen and oxygen atoms in total. The molecule has 2 atom stereocenters. The molecule has 0 amide bonds. The molecule has 0 radical (unpaired) electrons. The highest BCUT2D eigenvalue weighted by molar-refractivity contribution is 7.10. The van der Waals surface area contributed by atoms with Crippen LogP contribution in [0, 0.1) is 0 Å². The number of aromatic nitrogens is 3. The maximum absolute atomic E-state index is 12.2. The molecule has 0 saturated heterocycles. The van der Waals surface area contributed by atoms with Crippen LogP contribution in [-0.2, 0) is 19.0 Å². The zero-order valence-electron chi connectivity index (χ0n) is 15.0. The van der Waals surface area contributed by atoms with E-state index < -0.39 is 35.3 Å². The standard InChI is InChI=1S/C17H17N3O7S/c1-3-25-16(23)10-8-28-15(19-10)12-6-11(13(7-26-12)27-9(2)21)20-14(22)4-5-18-17(20)24/h4-6,8,11,13H,3,7H2,1-2H3,(H,18,24)/t11-,13-/m1/s1. The third kappa shape index (κ3) is 4.03. The van der Waals surface area contributed by atoms with Crippen molar-refractivity contribution in [3.05, 3.63) is 55.3 Å². The summed E-state index contributed by atoms with van der Waals surface area (Å²) in [6.45, 7) is 3.04. The molecule has 0 fully saturated rings. The van der Waals surface area contributed by atoms with Crippen LogP contribution in [0.25, 0.3) is 5.76 Å². The summed E-state index contributed by atoms with van der Waals surface area (Å²) in [5.74, 6) is -0.870.